The van der Waals surface area contributed by atoms with Crippen molar-refractivity contribution in [1.82, 2.24) is 14.6 Å². The highest BCUT2D eigenvalue weighted by atomic mass is 32.2. The molecule has 0 saturated carbocycles. The second kappa shape index (κ2) is 4.85. The Hall–Kier alpha value is -2.41. The molecular formula is C14H14N4O2S. The molecule has 0 aliphatic carbocycles. The fourth-order valence-corrected chi connectivity index (χ4v) is 3.63. The summed E-state index contributed by atoms with van der Waals surface area (Å²) in [7, 11) is -2.06. The van der Waals surface area contributed by atoms with Gasteiger partial charge in [-0.3, -0.25) is 0 Å². The highest BCUT2D eigenvalue weighted by Gasteiger charge is 2.27. The Kier molecular flexibility index (Phi) is 3.13. The van der Waals surface area contributed by atoms with Gasteiger partial charge < -0.3 is 5.32 Å². The maximum absolute atomic E-state index is 12.9. The molecule has 0 unspecified atom stereocenters. The lowest BCUT2D eigenvalue weighted by molar-refractivity contribution is 0.597. The van der Waals surface area contributed by atoms with Crippen molar-refractivity contribution in [3.8, 4) is 0 Å². The number of rotatable bonds is 3. The molecule has 2 heterocycles. The fourth-order valence-electron chi connectivity index (χ4n) is 2.11. The van der Waals surface area contributed by atoms with Gasteiger partial charge in [0.1, 0.15) is 0 Å². The van der Waals surface area contributed by atoms with Gasteiger partial charge >= 0.3 is 0 Å². The smallest absolute Gasteiger partial charge is 0.214 e. The summed E-state index contributed by atoms with van der Waals surface area (Å²) >= 11 is 0. The predicted molar refractivity (Wildman–Crippen MR) is 79.2 cm³/mol. The van der Waals surface area contributed by atoms with Gasteiger partial charge in [-0.2, -0.15) is 0 Å². The minimum Gasteiger partial charge on any atom is -0.370 e. The molecular weight excluding hydrogens is 288 g/mol. The molecule has 0 spiro atoms. The van der Waals surface area contributed by atoms with E-state index in [4.69, 9.17) is 0 Å². The van der Waals surface area contributed by atoms with Crippen LogP contribution >= 0.6 is 0 Å². The first-order valence-electron chi connectivity index (χ1n) is 6.37. The lowest BCUT2D eigenvalue weighted by atomic mass is 10.2. The number of hydrogen-bond acceptors (Lipinski definition) is 5. The Morgan fingerprint density at radius 2 is 1.90 bits per heavy atom. The molecule has 0 aliphatic rings. The second-order valence-corrected chi connectivity index (χ2v) is 6.52. The zero-order valence-electron chi connectivity index (χ0n) is 11.6. The summed E-state index contributed by atoms with van der Waals surface area (Å²) in [5.74, 6) is 0.286. The largest absolute Gasteiger partial charge is 0.370 e. The van der Waals surface area contributed by atoms with E-state index in [2.05, 4.69) is 15.4 Å². The zero-order chi connectivity index (χ0) is 15.0. The lowest BCUT2D eigenvalue weighted by Gasteiger charge is -2.05. The molecule has 0 saturated heterocycles. The molecule has 1 N–H and O–H groups in total. The third-order valence-corrected chi connectivity index (χ3v) is 5.00. The van der Waals surface area contributed by atoms with Crippen LogP contribution < -0.4 is 5.32 Å². The van der Waals surface area contributed by atoms with Crippen LogP contribution in [0.3, 0.4) is 0 Å². The molecule has 0 radical (unpaired) electrons. The van der Waals surface area contributed by atoms with Gasteiger partial charge in [-0.15, -0.1) is 5.10 Å². The second-order valence-electron chi connectivity index (χ2n) is 4.63. The average Bonchev–Trinajstić information content (AvgIpc) is 2.87. The van der Waals surface area contributed by atoms with Crippen molar-refractivity contribution in [2.45, 2.75) is 16.7 Å². The van der Waals surface area contributed by atoms with E-state index >= 15 is 0 Å². The van der Waals surface area contributed by atoms with E-state index in [1.165, 1.54) is 4.52 Å². The maximum Gasteiger partial charge on any atom is 0.214 e. The minimum absolute atomic E-state index is 0.0921. The Bertz CT molecular complexity index is 898. The molecule has 6 nitrogen and oxygen atoms in total. The molecule has 0 atom stereocenters. The number of aryl methyl sites for hydroxylation is 1. The van der Waals surface area contributed by atoms with Gasteiger partial charge in [0, 0.05) is 19.4 Å². The minimum atomic E-state index is -3.69. The van der Waals surface area contributed by atoms with E-state index in [1.807, 2.05) is 6.92 Å². The predicted octanol–water partition coefficient (Wildman–Crippen LogP) is 1.91. The van der Waals surface area contributed by atoms with Crippen molar-refractivity contribution in [3.05, 3.63) is 48.3 Å². The molecule has 1 aromatic carbocycles. The van der Waals surface area contributed by atoms with Crippen LogP contribution in [0.25, 0.3) is 5.65 Å². The Labute approximate surface area is 122 Å². The number of benzene rings is 1. The fraction of sp³-hybridized carbons (Fsp3) is 0.143. The van der Waals surface area contributed by atoms with Crippen molar-refractivity contribution in [2.75, 3.05) is 12.4 Å². The third-order valence-electron chi connectivity index (χ3n) is 3.19. The van der Waals surface area contributed by atoms with E-state index in [9.17, 15) is 8.42 Å². The standard InChI is InChI=1S/C14H14N4O2S/c1-10-4-6-11(7-5-10)21(19,20)12-13(15-2)17-18-9-3-8-16-14(12)18/h3-9H,1-2H3,(H,15,17). The summed E-state index contributed by atoms with van der Waals surface area (Å²) < 4.78 is 27.2. The van der Waals surface area contributed by atoms with Crippen LogP contribution in [0.1, 0.15) is 5.56 Å². The number of aromatic nitrogens is 3. The molecule has 7 heteroatoms. The number of nitrogens with zero attached hydrogens (tertiary/aromatic N) is 3. The summed E-state index contributed by atoms with van der Waals surface area (Å²) in [6, 6.07) is 8.42. The molecule has 0 bridgehead atoms. The first-order valence-corrected chi connectivity index (χ1v) is 7.85. The molecule has 21 heavy (non-hydrogen) atoms. The summed E-state index contributed by atoms with van der Waals surface area (Å²) in [5.41, 5.74) is 1.31. The van der Waals surface area contributed by atoms with Gasteiger partial charge in [-0.25, -0.2) is 17.9 Å². The maximum atomic E-state index is 12.9. The van der Waals surface area contributed by atoms with Crippen molar-refractivity contribution >= 4 is 21.3 Å². The number of nitrogens with one attached hydrogen (secondary N) is 1. The molecule has 3 aromatic rings. The summed E-state index contributed by atoms with van der Waals surface area (Å²) in [6.45, 7) is 1.91. The number of hydrogen-bond donors (Lipinski definition) is 1. The van der Waals surface area contributed by atoms with Crippen LogP contribution in [0.5, 0.6) is 0 Å². The Balaban J connectivity index is 2.30. The van der Waals surface area contributed by atoms with E-state index in [-0.39, 0.29) is 15.6 Å². The van der Waals surface area contributed by atoms with Crippen molar-refractivity contribution in [2.24, 2.45) is 0 Å². The van der Waals surface area contributed by atoms with Crippen LogP contribution in [0.15, 0.2) is 52.5 Å². The quantitative estimate of drug-likeness (QED) is 0.800. The lowest BCUT2D eigenvalue weighted by Crippen LogP contribution is -2.05. The van der Waals surface area contributed by atoms with E-state index in [0.29, 0.717) is 5.65 Å². The summed E-state index contributed by atoms with van der Waals surface area (Å²) in [5, 5.41) is 7.03. The molecule has 0 aliphatic heterocycles. The highest BCUT2D eigenvalue weighted by molar-refractivity contribution is 7.91. The Morgan fingerprint density at radius 1 is 1.19 bits per heavy atom. The van der Waals surface area contributed by atoms with Crippen molar-refractivity contribution in [3.63, 3.8) is 0 Å². The summed E-state index contributed by atoms with van der Waals surface area (Å²) in [6.07, 6.45) is 3.21. The summed E-state index contributed by atoms with van der Waals surface area (Å²) in [4.78, 5) is 4.46. The molecule has 0 amide bonds. The first-order chi connectivity index (χ1) is 10.0. The van der Waals surface area contributed by atoms with Gasteiger partial charge in [0.15, 0.2) is 16.4 Å². The van der Waals surface area contributed by atoms with Gasteiger partial charge in [0.25, 0.3) is 0 Å². The zero-order valence-corrected chi connectivity index (χ0v) is 12.4. The third kappa shape index (κ3) is 2.15. The van der Waals surface area contributed by atoms with Crippen LogP contribution in [0.2, 0.25) is 0 Å². The highest BCUT2D eigenvalue weighted by Crippen LogP contribution is 2.30. The number of fused-ring (bicyclic) bond motifs is 1. The molecule has 2 aromatic heterocycles. The van der Waals surface area contributed by atoms with Gasteiger partial charge in [0.05, 0.1) is 4.90 Å². The number of anilines is 1. The molecule has 0 fully saturated rings. The van der Waals surface area contributed by atoms with Gasteiger partial charge in [-0.05, 0) is 25.1 Å². The molecule has 108 valence electrons. The van der Waals surface area contributed by atoms with Crippen LogP contribution in [0.4, 0.5) is 5.82 Å². The van der Waals surface area contributed by atoms with E-state index in [0.717, 1.165) is 5.56 Å². The van der Waals surface area contributed by atoms with Crippen LogP contribution in [-0.4, -0.2) is 30.1 Å². The first kappa shape index (κ1) is 13.6. The number of sulfone groups is 1. The monoisotopic (exact) mass is 302 g/mol. The normalized spacial score (nSPS) is 11.7. The van der Waals surface area contributed by atoms with Crippen LogP contribution in [-0.2, 0) is 9.84 Å². The van der Waals surface area contributed by atoms with Crippen molar-refractivity contribution < 1.29 is 8.42 Å². The van der Waals surface area contributed by atoms with Gasteiger partial charge in [0.2, 0.25) is 9.84 Å². The van der Waals surface area contributed by atoms with Gasteiger partial charge in [-0.1, -0.05) is 17.7 Å². The topological polar surface area (TPSA) is 76.4 Å². The average molecular weight is 302 g/mol. The van der Waals surface area contributed by atoms with Crippen molar-refractivity contribution in [1.29, 1.82) is 0 Å². The Morgan fingerprint density at radius 3 is 2.57 bits per heavy atom. The SMILES string of the molecule is CNc1nn2cccnc2c1S(=O)(=O)c1ccc(C)cc1. The van der Waals surface area contributed by atoms with Crippen LogP contribution in [0, 0.1) is 6.92 Å². The molecule has 3 rings (SSSR count). The van der Waals surface area contributed by atoms with E-state index < -0.39 is 9.84 Å². The van der Waals surface area contributed by atoms with E-state index in [1.54, 1.807) is 49.8 Å².